The van der Waals surface area contributed by atoms with Crippen molar-refractivity contribution in [3.8, 4) is 31.7 Å². The highest BCUT2D eigenvalue weighted by atomic mass is 32.1. The molecule has 0 fully saturated rings. The summed E-state index contributed by atoms with van der Waals surface area (Å²) in [7, 11) is 0. The van der Waals surface area contributed by atoms with E-state index < -0.39 is 11.9 Å². The molecule has 3 aromatic carbocycles. The summed E-state index contributed by atoms with van der Waals surface area (Å²) in [6, 6.07) is 24.7. The molecule has 0 aliphatic carbocycles. The molecule has 10 heteroatoms. The van der Waals surface area contributed by atoms with Gasteiger partial charge in [0, 0.05) is 54.9 Å². The van der Waals surface area contributed by atoms with Gasteiger partial charge in [0.1, 0.15) is 11.5 Å². The van der Waals surface area contributed by atoms with Gasteiger partial charge in [-0.2, -0.15) is 0 Å². The van der Waals surface area contributed by atoms with Crippen LogP contribution >= 0.6 is 22.7 Å². The van der Waals surface area contributed by atoms with E-state index in [0.717, 1.165) is 58.6 Å². The number of carbonyl (C=O) groups is 4. The molecule has 9 rings (SSSR count). The van der Waals surface area contributed by atoms with Crippen LogP contribution in [-0.4, -0.2) is 36.8 Å². The fourth-order valence-corrected chi connectivity index (χ4v) is 23.0. The normalized spacial score (nSPS) is 14.8. The van der Waals surface area contributed by atoms with Crippen molar-refractivity contribution in [2.75, 3.05) is 22.9 Å². The zero-order valence-electron chi connectivity index (χ0n) is 81.6. The predicted octanol–water partition coefficient (Wildman–Crippen LogP) is 37.5. The molecule has 702 valence electrons. The van der Waals surface area contributed by atoms with Crippen molar-refractivity contribution in [1.82, 2.24) is 0 Å². The number of anilines is 2. The van der Waals surface area contributed by atoms with Crippen LogP contribution in [0, 0.1) is 25.7 Å². The lowest BCUT2D eigenvalue weighted by Gasteiger charge is -2.21. The molecular formula is C116H180N2O6S2. The number of amides is 2. The van der Waals surface area contributed by atoms with Crippen LogP contribution in [0.2, 0.25) is 0 Å². The van der Waals surface area contributed by atoms with Crippen LogP contribution in [0.5, 0.6) is 11.5 Å². The Kier molecular flexibility index (Phi) is 52.5. The number of hydrogen-bond donors (Lipinski definition) is 0. The first-order chi connectivity index (χ1) is 62.0. The molecule has 6 heterocycles. The number of fused-ring (bicyclic) bond motifs is 4. The number of hydrogen-bond acceptors (Lipinski definition) is 8. The van der Waals surface area contributed by atoms with E-state index in [1.54, 1.807) is 23.5 Å². The molecule has 0 saturated heterocycles. The Morgan fingerprint density at radius 1 is 0.254 bits per heavy atom. The van der Waals surface area contributed by atoms with Crippen molar-refractivity contribution in [2.24, 2.45) is 11.8 Å². The highest BCUT2D eigenvalue weighted by molar-refractivity contribution is 7.23. The number of ether oxygens (including phenoxy) is 2. The molecule has 4 aliphatic rings. The molecule has 4 aliphatic heterocycles. The average molecular weight is 1760 g/mol. The van der Waals surface area contributed by atoms with Gasteiger partial charge >= 0.3 is 11.9 Å². The number of nitrogens with zero attached hydrogens (tertiary/aromatic N) is 2. The zero-order chi connectivity index (χ0) is 88.7. The Hall–Kier alpha value is -5.58. The lowest BCUT2D eigenvalue weighted by atomic mass is 9.90. The summed E-state index contributed by atoms with van der Waals surface area (Å²) in [6.45, 7) is 14.5. The van der Waals surface area contributed by atoms with Gasteiger partial charge in [-0.1, -0.05) is 489 Å². The molecule has 0 spiro atoms. The molecule has 126 heavy (non-hydrogen) atoms. The molecule has 5 aromatic rings. The van der Waals surface area contributed by atoms with E-state index in [1.807, 2.05) is 39.3 Å². The summed E-state index contributed by atoms with van der Waals surface area (Å²) in [5.74, 6) is 0.140. The van der Waals surface area contributed by atoms with Crippen LogP contribution in [-0.2, 0) is 19.2 Å². The van der Waals surface area contributed by atoms with Gasteiger partial charge in [0.05, 0.1) is 33.7 Å². The van der Waals surface area contributed by atoms with Crippen LogP contribution in [0.3, 0.4) is 0 Å². The minimum absolute atomic E-state index is 0.190. The van der Waals surface area contributed by atoms with E-state index in [2.05, 4.69) is 84.0 Å². The van der Waals surface area contributed by atoms with Crippen LogP contribution < -0.4 is 19.3 Å². The Morgan fingerprint density at radius 2 is 0.516 bits per heavy atom. The van der Waals surface area contributed by atoms with Crippen LogP contribution in [0.15, 0.2) is 72.8 Å². The van der Waals surface area contributed by atoms with Crippen molar-refractivity contribution in [3.05, 3.63) is 105 Å². The number of unbranched alkanes of at least 4 members (excludes halogenated alkanes) is 60. The van der Waals surface area contributed by atoms with Gasteiger partial charge in [-0.3, -0.25) is 9.59 Å². The van der Waals surface area contributed by atoms with Crippen LogP contribution in [0.1, 0.15) is 523 Å². The molecule has 2 amide bonds. The SMILES string of the molecule is CCCCCCCCCCCCCCCCCCC(CCCCCCCCCCCCCCCCCC)CCCN1C(=O)/C(=C2/C(=O)Oc3cc4c(cc32)OC(=O)/C4=C2/C(=O)N(CCCC(CCCCCCCCCCCCCCCCCC)CCCCCCCCCCCCCCCCCC)c3cc(-c4ccc(-c5ccc(C)s5)s4)ccc32)c2ccc(C)cc21. The summed E-state index contributed by atoms with van der Waals surface area (Å²) in [5.41, 5.74) is 7.07. The Bertz CT molecular complexity index is 3850. The average Bonchev–Trinajstić information content (AvgIpc) is 1.56. The highest BCUT2D eigenvalue weighted by Crippen LogP contribution is 2.53. The number of esters is 2. The second-order valence-electron chi connectivity index (χ2n) is 39.7. The quantitative estimate of drug-likeness (QED) is 0.0167. The van der Waals surface area contributed by atoms with Crippen molar-refractivity contribution >= 4 is 80.1 Å². The monoisotopic (exact) mass is 1760 g/mol. The third kappa shape index (κ3) is 36.9. The van der Waals surface area contributed by atoms with Gasteiger partial charge in [-0.05, 0) is 111 Å². The standard InChI is InChI=1S/C116H180N2O6S2/c1-7-11-15-19-23-27-31-35-39-43-47-51-55-59-63-67-73-95(74-68-64-60-56-52-48-44-40-36-32-28-24-20-16-12-8-2)77-71-87-117-102-89-93(5)79-82-98(102)109(113(117)119)111-100-91-105-101(92-104(100)123-115(111)121)112(116(122)124-105)110-99-83-81-97(106-85-86-108(126-106)107-84-80-94(6)125-107)90-103(99)118(114(110)120)88-72-78-96(75-69-65-61-57-53-49-45-41-37-33-29-25-21-17-13-9-3)76-70-66-62-58-54-50-46-42-38-34-30-26-22-18-14-10-4/h79-86,89-92,95-96H,7-78,87-88H2,1-6H3/b111-109+,112-110+. The first-order valence-electron chi connectivity index (χ1n) is 54.2. The van der Waals surface area contributed by atoms with Crippen molar-refractivity contribution < 1.29 is 28.7 Å². The summed E-state index contributed by atoms with van der Waals surface area (Å²) < 4.78 is 12.6. The highest BCUT2D eigenvalue weighted by Gasteiger charge is 2.45. The van der Waals surface area contributed by atoms with E-state index in [1.165, 1.54) is 451 Å². The Morgan fingerprint density at radius 3 is 0.817 bits per heavy atom. The number of carbonyl (C=O) groups excluding carboxylic acids is 4. The molecule has 0 radical (unpaired) electrons. The smallest absolute Gasteiger partial charge is 0.345 e. The first kappa shape index (κ1) is 104. The Labute approximate surface area is 779 Å². The number of benzene rings is 3. The van der Waals surface area contributed by atoms with E-state index in [0.29, 0.717) is 52.8 Å². The van der Waals surface area contributed by atoms with Crippen molar-refractivity contribution in [1.29, 1.82) is 0 Å². The van der Waals surface area contributed by atoms with Gasteiger partial charge in [-0.15, -0.1) is 22.7 Å². The van der Waals surface area contributed by atoms with Crippen molar-refractivity contribution in [3.63, 3.8) is 0 Å². The molecule has 0 bridgehead atoms. The summed E-state index contributed by atoms with van der Waals surface area (Å²) in [5, 5.41) is 0. The van der Waals surface area contributed by atoms with Crippen LogP contribution in [0.4, 0.5) is 11.4 Å². The number of thiophene rings is 2. The third-order valence-electron chi connectivity index (χ3n) is 28.8. The van der Waals surface area contributed by atoms with Gasteiger partial charge < -0.3 is 19.3 Å². The molecular weight excluding hydrogens is 1580 g/mol. The van der Waals surface area contributed by atoms with Gasteiger partial charge in [0.15, 0.2) is 0 Å². The summed E-state index contributed by atoms with van der Waals surface area (Å²) in [4.78, 5) is 69.6. The third-order valence-corrected chi connectivity index (χ3v) is 31.2. The summed E-state index contributed by atoms with van der Waals surface area (Å²) >= 11 is 3.58. The van der Waals surface area contributed by atoms with Crippen molar-refractivity contribution in [2.45, 2.75) is 504 Å². The van der Waals surface area contributed by atoms with Gasteiger partial charge in [0.25, 0.3) is 11.8 Å². The molecule has 2 aromatic heterocycles. The molecule has 0 atom stereocenters. The topological polar surface area (TPSA) is 93.2 Å². The number of rotatable bonds is 78. The van der Waals surface area contributed by atoms with Gasteiger partial charge in [0.2, 0.25) is 0 Å². The second-order valence-corrected chi connectivity index (χ2v) is 42.1. The van der Waals surface area contributed by atoms with E-state index in [9.17, 15) is 9.59 Å². The summed E-state index contributed by atoms with van der Waals surface area (Å²) in [6.07, 6.45) is 96.8. The second kappa shape index (κ2) is 63.5. The maximum atomic E-state index is 15.8. The molecule has 0 unspecified atom stereocenters. The minimum atomic E-state index is -0.604. The fraction of sp³-hybridized carbons (Fsp3) is 0.707. The first-order valence-corrected chi connectivity index (χ1v) is 55.8. The predicted molar refractivity (Wildman–Crippen MR) is 547 cm³/mol. The van der Waals surface area contributed by atoms with E-state index >= 15 is 9.59 Å². The van der Waals surface area contributed by atoms with E-state index in [-0.39, 0.29) is 34.5 Å². The molecule has 0 saturated carbocycles. The lowest BCUT2D eigenvalue weighted by Crippen LogP contribution is -2.28. The van der Waals surface area contributed by atoms with Crippen LogP contribution in [0.25, 0.3) is 42.5 Å². The number of aryl methyl sites for hydroxylation is 2. The maximum absolute atomic E-state index is 15.8. The largest absolute Gasteiger partial charge is 0.422 e. The van der Waals surface area contributed by atoms with E-state index in [4.69, 9.17) is 9.47 Å². The fourth-order valence-electron chi connectivity index (χ4n) is 21.0. The minimum Gasteiger partial charge on any atom is -0.422 e. The maximum Gasteiger partial charge on any atom is 0.345 e. The molecule has 0 N–H and O–H groups in total. The molecule has 8 nitrogen and oxygen atoms in total. The van der Waals surface area contributed by atoms with Gasteiger partial charge in [-0.25, -0.2) is 9.59 Å². The zero-order valence-corrected chi connectivity index (χ0v) is 83.2. The Balaban J connectivity index is 0.851. The lowest BCUT2D eigenvalue weighted by molar-refractivity contribution is -0.127.